The Hall–Kier alpha value is -1.42. The Bertz CT molecular complexity index is 405. The largest absolute Gasteiger partial charge is 0.350 e. The molecule has 1 fully saturated rings. The molecule has 1 aromatic rings. The second kappa shape index (κ2) is 5.27. The Balaban J connectivity index is 1.85. The van der Waals surface area contributed by atoms with E-state index in [1.807, 2.05) is 19.1 Å². The molecule has 1 aromatic heterocycles. The predicted molar refractivity (Wildman–Crippen MR) is 66.6 cm³/mol. The molecule has 3 N–H and O–H groups in total. The summed E-state index contributed by atoms with van der Waals surface area (Å²) in [6.07, 6.45) is 3.20. The van der Waals surface area contributed by atoms with Gasteiger partial charge in [-0.25, -0.2) is 4.98 Å². The smallest absolute Gasteiger partial charge is 0.269 e. The van der Waals surface area contributed by atoms with Gasteiger partial charge in [-0.1, -0.05) is 6.07 Å². The molecule has 0 aliphatic heterocycles. The third-order valence-corrected chi connectivity index (χ3v) is 3.25. The molecule has 17 heavy (non-hydrogen) atoms. The average Bonchev–Trinajstić information content (AvgIpc) is 2.72. The number of hydrogen-bond acceptors (Lipinski definition) is 3. The van der Waals surface area contributed by atoms with Gasteiger partial charge in [0.1, 0.15) is 5.69 Å². The van der Waals surface area contributed by atoms with Crippen molar-refractivity contribution in [1.82, 2.24) is 10.3 Å². The van der Waals surface area contributed by atoms with E-state index in [4.69, 9.17) is 5.73 Å². The maximum Gasteiger partial charge on any atom is 0.269 e. The minimum absolute atomic E-state index is 0.0887. The Morgan fingerprint density at radius 2 is 2.35 bits per heavy atom. The molecule has 1 aliphatic rings. The normalized spacial score (nSPS) is 23.6. The van der Waals surface area contributed by atoms with Crippen molar-refractivity contribution in [2.75, 3.05) is 6.54 Å². The molecule has 92 valence electrons. The van der Waals surface area contributed by atoms with E-state index in [1.54, 1.807) is 6.07 Å². The van der Waals surface area contributed by atoms with E-state index in [0.29, 0.717) is 24.2 Å². The second-order valence-corrected chi connectivity index (χ2v) is 4.81. The Kier molecular flexibility index (Phi) is 3.74. The molecule has 0 bridgehead atoms. The first-order valence-corrected chi connectivity index (χ1v) is 6.12. The van der Waals surface area contributed by atoms with Gasteiger partial charge in [-0.2, -0.15) is 0 Å². The van der Waals surface area contributed by atoms with E-state index in [1.165, 1.54) is 0 Å². The molecule has 1 amide bonds. The maximum absolute atomic E-state index is 11.8. The summed E-state index contributed by atoms with van der Waals surface area (Å²) in [6, 6.07) is 5.78. The Labute approximate surface area is 102 Å². The van der Waals surface area contributed by atoms with Crippen molar-refractivity contribution < 1.29 is 4.79 Å². The topological polar surface area (TPSA) is 68.0 Å². The molecule has 1 heterocycles. The van der Waals surface area contributed by atoms with Crippen molar-refractivity contribution >= 4 is 5.91 Å². The third kappa shape index (κ3) is 3.27. The number of aryl methyl sites for hydroxylation is 1. The molecule has 0 aromatic carbocycles. The molecular weight excluding hydrogens is 214 g/mol. The van der Waals surface area contributed by atoms with Gasteiger partial charge in [-0.15, -0.1) is 0 Å². The predicted octanol–water partition coefficient (Wildman–Crippen LogP) is 1.25. The first-order chi connectivity index (χ1) is 8.15. The minimum atomic E-state index is -0.0887. The summed E-state index contributed by atoms with van der Waals surface area (Å²) in [5, 5.41) is 2.93. The monoisotopic (exact) mass is 233 g/mol. The van der Waals surface area contributed by atoms with Crippen molar-refractivity contribution in [2.45, 2.75) is 32.2 Å². The van der Waals surface area contributed by atoms with E-state index in [2.05, 4.69) is 10.3 Å². The molecular formula is C13H19N3O. The van der Waals surface area contributed by atoms with Crippen LogP contribution in [0.1, 0.15) is 35.4 Å². The number of nitrogens with two attached hydrogens (primary N) is 1. The zero-order valence-electron chi connectivity index (χ0n) is 10.1. The average molecular weight is 233 g/mol. The zero-order valence-corrected chi connectivity index (χ0v) is 10.1. The van der Waals surface area contributed by atoms with Crippen LogP contribution in [0.3, 0.4) is 0 Å². The number of hydrogen-bond donors (Lipinski definition) is 2. The van der Waals surface area contributed by atoms with Gasteiger partial charge in [0.15, 0.2) is 0 Å². The van der Waals surface area contributed by atoms with Crippen LogP contribution < -0.4 is 11.1 Å². The van der Waals surface area contributed by atoms with Gasteiger partial charge in [-0.05, 0) is 44.2 Å². The van der Waals surface area contributed by atoms with Crippen LogP contribution in [0.2, 0.25) is 0 Å². The number of carbonyl (C=O) groups excluding carboxylic acids is 1. The van der Waals surface area contributed by atoms with E-state index in [9.17, 15) is 4.79 Å². The van der Waals surface area contributed by atoms with Crippen molar-refractivity contribution in [3.8, 4) is 0 Å². The summed E-state index contributed by atoms with van der Waals surface area (Å²) in [7, 11) is 0. The standard InChI is InChI=1S/C13H19N3O/c1-9-3-2-4-12(16-9)13(17)15-8-10-5-6-11(14)7-10/h2-4,10-11H,5-8,14H2,1H3,(H,15,17). The van der Waals surface area contributed by atoms with Crippen molar-refractivity contribution in [3.05, 3.63) is 29.6 Å². The van der Waals surface area contributed by atoms with E-state index >= 15 is 0 Å². The van der Waals surface area contributed by atoms with Crippen LogP contribution in [0.25, 0.3) is 0 Å². The third-order valence-electron chi connectivity index (χ3n) is 3.25. The highest BCUT2D eigenvalue weighted by Gasteiger charge is 2.22. The molecule has 4 heteroatoms. The van der Waals surface area contributed by atoms with Crippen molar-refractivity contribution in [1.29, 1.82) is 0 Å². The summed E-state index contributed by atoms with van der Waals surface area (Å²) in [5.41, 5.74) is 7.19. The van der Waals surface area contributed by atoms with Gasteiger partial charge in [0.05, 0.1) is 0 Å². The lowest BCUT2D eigenvalue weighted by molar-refractivity contribution is 0.0942. The van der Waals surface area contributed by atoms with Crippen molar-refractivity contribution in [2.24, 2.45) is 11.7 Å². The highest BCUT2D eigenvalue weighted by atomic mass is 16.1. The molecule has 2 rings (SSSR count). The number of pyridine rings is 1. The lowest BCUT2D eigenvalue weighted by atomic mass is 10.1. The lowest BCUT2D eigenvalue weighted by Gasteiger charge is -2.10. The van der Waals surface area contributed by atoms with Crippen LogP contribution in [-0.2, 0) is 0 Å². The highest BCUT2D eigenvalue weighted by molar-refractivity contribution is 5.92. The quantitative estimate of drug-likeness (QED) is 0.825. The number of nitrogens with zero attached hydrogens (tertiary/aromatic N) is 1. The molecule has 0 radical (unpaired) electrons. The molecule has 2 atom stereocenters. The Morgan fingerprint density at radius 3 is 3.00 bits per heavy atom. The van der Waals surface area contributed by atoms with E-state index in [-0.39, 0.29) is 5.91 Å². The van der Waals surface area contributed by atoms with Crippen LogP contribution >= 0.6 is 0 Å². The molecule has 0 saturated heterocycles. The van der Waals surface area contributed by atoms with E-state index < -0.39 is 0 Å². The summed E-state index contributed by atoms with van der Waals surface area (Å²) in [6.45, 7) is 2.59. The zero-order chi connectivity index (χ0) is 12.3. The fourth-order valence-corrected chi connectivity index (χ4v) is 2.30. The van der Waals surface area contributed by atoms with E-state index in [0.717, 1.165) is 25.0 Å². The minimum Gasteiger partial charge on any atom is -0.350 e. The highest BCUT2D eigenvalue weighted by Crippen LogP contribution is 2.23. The molecule has 0 spiro atoms. The maximum atomic E-state index is 11.8. The Morgan fingerprint density at radius 1 is 1.53 bits per heavy atom. The molecule has 1 aliphatic carbocycles. The number of rotatable bonds is 3. The van der Waals surface area contributed by atoms with Crippen LogP contribution in [0.4, 0.5) is 0 Å². The second-order valence-electron chi connectivity index (χ2n) is 4.81. The van der Waals surface area contributed by atoms with Gasteiger partial charge < -0.3 is 11.1 Å². The first kappa shape index (κ1) is 12.0. The molecule has 1 saturated carbocycles. The van der Waals surface area contributed by atoms with Gasteiger partial charge in [-0.3, -0.25) is 4.79 Å². The van der Waals surface area contributed by atoms with Crippen LogP contribution in [0.5, 0.6) is 0 Å². The number of carbonyl (C=O) groups is 1. The van der Waals surface area contributed by atoms with Gasteiger partial charge >= 0.3 is 0 Å². The van der Waals surface area contributed by atoms with Crippen LogP contribution in [0, 0.1) is 12.8 Å². The fraction of sp³-hybridized carbons (Fsp3) is 0.538. The SMILES string of the molecule is Cc1cccc(C(=O)NCC2CCC(N)C2)n1. The lowest BCUT2D eigenvalue weighted by Crippen LogP contribution is -2.29. The summed E-state index contributed by atoms with van der Waals surface area (Å²) in [5.74, 6) is 0.438. The summed E-state index contributed by atoms with van der Waals surface area (Å²) in [4.78, 5) is 16.0. The fourth-order valence-electron chi connectivity index (χ4n) is 2.30. The summed E-state index contributed by atoms with van der Waals surface area (Å²) >= 11 is 0. The van der Waals surface area contributed by atoms with Gasteiger partial charge in [0.25, 0.3) is 5.91 Å². The van der Waals surface area contributed by atoms with Crippen LogP contribution in [-0.4, -0.2) is 23.5 Å². The van der Waals surface area contributed by atoms with Crippen molar-refractivity contribution in [3.63, 3.8) is 0 Å². The number of amides is 1. The molecule has 2 unspecified atom stereocenters. The number of aromatic nitrogens is 1. The van der Waals surface area contributed by atoms with Crippen LogP contribution in [0.15, 0.2) is 18.2 Å². The van der Waals surface area contributed by atoms with Gasteiger partial charge in [0.2, 0.25) is 0 Å². The number of nitrogens with one attached hydrogen (secondary N) is 1. The molecule has 4 nitrogen and oxygen atoms in total. The first-order valence-electron chi connectivity index (χ1n) is 6.12. The summed E-state index contributed by atoms with van der Waals surface area (Å²) < 4.78 is 0. The van der Waals surface area contributed by atoms with Gasteiger partial charge in [0, 0.05) is 18.3 Å².